The van der Waals surface area contributed by atoms with E-state index in [9.17, 15) is 9.50 Å². The summed E-state index contributed by atoms with van der Waals surface area (Å²) in [6, 6.07) is 2.82. The molecule has 0 bridgehead atoms. The molecule has 1 nitrogen and oxygen atoms in total. The molecule has 0 aliphatic rings. The molecule has 2 atom stereocenters. The summed E-state index contributed by atoms with van der Waals surface area (Å²) in [5.41, 5.74) is 0.145. The molecule has 1 rings (SSSR count). The highest BCUT2D eigenvalue weighted by atomic mass is 35.5. The molecule has 1 radical (unpaired) electrons. The third kappa shape index (κ3) is 2.97. The van der Waals surface area contributed by atoms with Gasteiger partial charge in [0.25, 0.3) is 0 Å². The number of rotatable bonds is 3. The average molecular weight is 271 g/mol. The van der Waals surface area contributed by atoms with E-state index in [1.54, 1.807) is 0 Å². The molecule has 15 heavy (non-hydrogen) atoms. The molecule has 2 unspecified atom stereocenters. The molecule has 0 N–H and O–H groups in total. The third-order valence-electron chi connectivity index (χ3n) is 2.08. The second-order valence-corrected chi connectivity index (χ2v) is 4.58. The zero-order chi connectivity index (χ0) is 11.6. The Morgan fingerprint density at radius 3 is 2.13 bits per heavy atom. The van der Waals surface area contributed by atoms with Gasteiger partial charge in [0.15, 0.2) is 0 Å². The third-order valence-corrected chi connectivity index (χ3v) is 2.93. The fourth-order valence-corrected chi connectivity index (χ4v) is 2.21. The Labute approximate surface area is 103 Å². The molecule has 0 aliphatic carbocycles. The first kappa shape index (κ1) is 13.0. The number of benzene rings is 1. The standard InChI is InChI=1S/C10H9Cl3FO/c1-5(4-15)10(14)9-7(12)2-6(11)3-8(9)13/h2-3,5,10H,4H2,1H3. The molecule has 5 heteroatoms. The van der Waals surface area contributed by atoms with Gasteiger partial charge in [-0.1, -0.05) is 41.7 Å². The van der Waals surface area contributed by atoms with Gasteiger partial charge in [0.2, 0.25) is 0 Å². The van der Waals surface area contributed by atoms with E-state index in [4.69, 9.17) is 34.8 Å². The van der Waals surface area contributed by atoms with Crippen molar-refractivity contribution in [2.45, 2.75) is 13.1 Å². The van der Waals surface area contributed by atoms with Crippen molar-refractivity contribution >= 4 is 34.8 Å². The summed E-state index contributed by atoms with van der Waals surface area (Å²) in [7, 11) is 0. The van der Waals surface area contributed by atoms with Crippen molar-refractivity contribution in [3.63, 3.8) is 0 Å². The number of halogens is 4. The maximum absolute atomic E-state index is 13.8. The van der Waals surface area contributed by atoms with Crippen LogP contribution in [0.1, 0.15) is 18.7 Å². The highest BCUT2D eigenvalue weighted by Gasteiger charge is 2.23. The summed E-state index contributed by atoms with van der Waals surface area (Å²) in [5, 5.41) is 11.2. The molecule has 83 valence electrons. The molecule has 0 aromatic heterocycles. The van der Waals surface area contributed by atoms with Gasteiger partial charge in [-0.25, -0.2) is 9.50 Å². The smallest absolute Gasteiger partial charge is 0.133 e. The van der Waals surface area contributed by atoms with Crippen LogP contribution in [0.4, 0.5) is 4.39 Å². The van der Waals surface area contributed by atoms with Crippen LogP contribution in [0.2, 0.25) is 15.1 Å². The van der Waals surface area contributed by atoms with Crippen LogP contribution in [-0.4, -0.2) is 6.61 Å². The molecule has 0 amide bonds. The number of alkyl halides is 1. The first-order chi connectivity index (χ1) is 6.97. The number of hydrogen-bond donors (Lipinski definition) is 0. The zero-order valence-corrected chi connectivity index (χ0v) is 10.2. The summed E-state index contributed by atoms with van der Waals surface area (Å²) in [4.78, 5) is 0. The Kier molecular flexibility index (Phi) is 4.65. The second-order valence-electron chi connectivity index (χ2n) is 3.33. The molecule has 0 saturated heterocycles. The van der Waals surface area contributed by atoms with Crippen molar-refractivity contribution in [3.05, 3.63) is 32.8 Å². The van der Waals surface area contributed by atoms with Gasteiger partial charge in [0.05, 0.1) is 6.61 Å². The molecule has 0 aliphatic heterocycles. The minimum absolute atomic E-state index is 0.145. The minimum atomic E-state index is -1.46. The van der Waals surface area contributed by atoms with Gasteiger partial charge in [-0.3, -0.25) is 0 Å². The van der Waals surface area contributed by atoms with Crippen LogP contribution in [0, 0.1) is 5.92 Å². The van der Waals surface area contributed by atoms with Gasteiger partial charge in [-0.15, -0.1) is 0 Å². The van der Waals surface area contributed by atoms with E-state index in [2.05, 4.69) is 0 Å². The van der Waals surface area contributed by atoms with E-state index in [-0.39, 0.29) is 15.6 Å². The summed E-state index contributed by atoms with van der Waals surface area (Å²) >= 11 is 17.3. The fraction of sp³-hybridized carbons (Fsp3) is 0.400. The Morgan fingerprint density at radius 1 is 1.27 bits per heavy atom. The zero-order valence-electron chi connectivity index (χ0n) is 7.94. The largest absolute Gasteiger partial charge is 0.242 e. The maximum atomic E-state index is 13.8. The summed E-state index contributed by atoms with van der Waals surface area (Å²) in [6.07, 6.45) is -1.46. The van der Waals surface area contributed by atoms with Crippen LogP contribution >= 0.6 is 34.8 Å². The fourth-order valence-electron chi connectivity index (χ4n) is 1.19. The molecule has 0 fully saturated rings. The van der Waals surface area contributed by atoms with Crippen molar-refractivity contribution in [1.82, 2.24) is 0 Å². The van der Waals surface area contributed by atoms with Crippen molar-refractivity contribution in [2.75, 3.05) is 6.61 Å². The molecule has 1 aromatic carbocycles. The van der Waals surface area contributed by atoms with Crippen LogP contribution in [0.25, 0.3) is 0 Å². The normalized spacial score (nSPS) is 15.1. The predicted molar refractivity (Wildman–Crippen MR) is 60.0 cm³/mol. The maximum Gasteiger partial charge on any atom is 0.133 e. The summed E-state index contributed by atoms with van der Waals surface area (Å²) < 4.78 is 13.8. The van der Waals surface area contributed by atoms with Gasteiger partial charge < -0.3 is 0 Å². The van der Waals surface area contributed by atoms with E-state index in [0.29, 0.717) is 5.02 Å². The van der Waals surface area contributed by atoms with E-state index >= 15 is 0 Å². The number of hydrogen-bond acceptors (Lipinski definition) is 0. The Bertz CT molecular complexity index is 334. The highest BCUT2D eigenvalue weighted by molar-refractivity contribution is 6.39. The van der Waals surface area contributed by atoms with E-state index in [1.165, 1.54) is 19.1 Å². The van der Waals surface area contributed by atoms with Crippen LogP contribution in [0.5, 0.6) is 0 Å². The monoisotopic (exact) mass is 269 g/mol. The summed E-state index contributed by atoms with van der Waals surface area (Å²) in [6.45, 7) is 0.995. The topological polar surface area (TPSA) is 19.9 Å². The van der Waals surface area contributed by atoms with Crippen LogP contribution in [0.15, 0.2) is 12.1 Å². The van der Waals surface area contributed by atoms with Gasteiger partial charge in [0.1, 0.15) is 6.17 Å². The van der Waals surface area contributed by atoms with Gasteiger partial charge >= 0.3 is 0 Å². The Hall–Kier alpha value is -0.0200. The predicted octanol–water partition coefficient (Wildman–Crippen LogP) is 4.72. The van der Waals surface area contributed by atoms with Crippen LogP contribution < -0.4 is 0 Å². The van der Waals surface area contributed by atoms with Crippen molar-refractivity contribution < 1.29 is 9.50 Å². The Balaban J connectivity index is 3.13. The molecule has 0 spiro atoms. The van der Waals surface area contributed by atoms with E-state index < -0.39 is 18.7 Å². The lowest BCUT2D eigenvalue weighted by Crippen LogP contribution is -2.09. The van der Waals surface area contributed by atoms with Gasteiger partial charge in [-0.2, -0.15) is 0 Å². The van der Waals surface area contributed by atoms with E-state index in [0.717, 1.165) is 0 Å². The van der Waals surface area contributed by atoms with Crippen LogP contribution in [-0.2, 0) is 5.11 Å². The Morgan fingerprint density at radius 2 is 1.73 bits per heavy atom. The lowest BCUT2D eigenvalue weighted by Gasteiger charge is -2.16. The molecule has 0 saturated carbocycles. The van der Waals surface area contributed by atoms with Gasteiger partial charge in [-0.05, 0) is 12.1 Å². The molecular formula is C10H9Cl3FO. The average Bonchev–Trinajstić information content (AvgIpc) is 2.14. The SMILES string of the molecule is CC(C[O])C(F)c1c(Cl)cc(Cl)cc1Cl. The summed E-state index contributed by atoms with van der Waals surface area (Å²) in [5.74, 6) is -0.666. The lowest BCUT2D eigenvalue weighted by molar-refractivity contribution is 0.100. The van der Waals surface area contributed by atoms with Crippen molar-refractivity contribution in [2.24, 2.45) is 5.92 Å². The van der Waals surface area contributed by atoms with E-state index in [1.807, 2.05) is 0 Å². The van der Waals surface area contributed by atoms with Gasteiger partial charge in [0, 0.05) is 26.5 Å². The molecule has 1 aromatic rings. The quantitative estimate of drug-likeness (QED) is 0.757. The molecule has 0 heterocycles. The molecular weight excluding hydrogens is 261 g/mol. The lowest BCUT2D eigenvalue weighted by atomic mass is 9.99. The van der Waals surface area contributed by atoms with Crippen molar-refractivity contribution in [3.8, 4) is 0 Å². The van der Waals surface area contributed by atoms with Crippen LogP contribution in [0.3, 0.4) is 0 Å². The second kappa shape index (κ2) is 5.35. The highest BCUT2D eigenvalue weighted by Crippen LogP contribution is 2.38. The first-order valence-electron chi connectivity index (χ1n) is 4.34. The van der Waals surface area contributed by atoms with Crippen molar-refractivity contribution in [1.29, 1.82) is 0 Å². The first-order valence-corrected chi connectivity index (χ1v) is 5.47. The minimum Gasteiger partial charge on any atom is -0.242 e.